The summed E-state index contributed by atoms with van der Waals surface area (Å²) in [6.45, 7) is 12.9. The van der Waals surface area contributed by atoms with Crippen LogP contribution in [0.5, 0.6) is 0 Å². The molecule has 0 aliphatic rings. The molecule has 0 atom stereocenters. The average Bonchev–Trinajstić information content (AvgIpc) is 2.72. The zero-order valence-electron chi connectivity index (χ0n) is 17.7. The van der Waals surface area contributed by atoms with Crippen molar-refractivity contribution in [3.8, 4) is 0 Å². The SMILES string of the molecule is [C-]#[N+]c1ccc(NC(=S)N(c2ccc(C(=O)NC)c(F)c2)C(C)(C)COC=O)cc1C. The summed E-state index contributed by atoms with van der Waals surface area (Å²) in [5.74, 6) is -1.26. The molecule has 0 saturated heterocycles. The molecule has 0 unspecified atom stereocenters. The van der Waals surface area contributed by atoms with Crippen LogP contribution in [0.25, 0.3) is 4.85 Å². The van der Waals surface area contributed by atoms with Gasteiger partial charge in [0.15, 0.2) is 10.8 Å². The minimum atomic E-state index is -0.850. The number of anilines is 2. The van der Waals surface area contributed by atoms with Crippen molar-refractivity contribution in [1.29, 1.82) is 0 Å². The molecule has 2 aromatic rings. The molecule has 0 aromatic heterocycles. The number of halogens is 1. The predicted octanol–water partition coefficient (Wildman–Crippen LogP) is 4.20. The van der Waals surface area contributed by atoms with Gasteiger partial charge in [-0.2, -0.15) is 0 Å². The molecule has 0 saturated carbocycles. The first kappa shape index (κ1) is 23.8. The Labute approximate surface area is 186 Å². The van der Waals surface area contributed by atoms with Crippen molar-refractivity contribution >= 4 is 46.8 Å². The third-order valence-electron chi connectivity index (χ3n) is 4.56. The van der Waals surface area contributed by atoms with Gasteiger partial charge >= 0.3 is 0 Å². The van der Waals surface area contributed by atoms with E-state index in [2.05, 4.69) is 15.5 Å². The topological polar surface area (TPSA) is 75.0 Å². The number of rotatable bonds is 7. The lowest BCUT2D eigenvalue weighted by atomic mass is 10.0. The van der Waals surface area contributed by atoms with Crippen molar-refractivity contribution in [2.75, 3.05) is 23.9 Å². The minimum Gasteiger partial charge on any atom is -0.465 e. The van der Waals surface area contributed by atoms with Gasteiger partial charge in [-0.1, -0.05) is 6.07 Å². The molecule has 162 valence electrons. The van der Waals surface area contributed by atoms with Crippen LogP contribution in [-0.2, 0) is 9.53 Å². The van der Waals surface area contributed by atoms with Gasteiger partial charge in [-0.15, -0.1) is 0 Å². The zero-order chi connectivity index (χ0) is 23.2. The van der Waals surface area contributed by atoms with E-state index >= 15 is 0 Å². The van der Waals surface area contributed by atoms with Crippen LogP contribution >= 0.6 is 12.2 Å². The van der Waals surface area contributed by atoms with Gasteiger partial charge in [0, 0.05) is 18.4 Å². The van der Waals surface area contributed by atoms with E-state index in [0.717, 1.165) is 5.56 Å². The van der Waals surface area contributed by atoms with E-state index in [1.165, 1.54) is 19.2 Å². The van der Waals surface area contributed by atoms with Gasteiger partial charge in [-0.25, -0.2) is 9.24 Å². The normalized spacial score (nSPS) is 10.6. The highest BCUT2D eigenvalue weighted by Crippen LogP contribution is 2.29. The molecule has 0 fully saturated rings. The Kier molecular flexibility index (Phi) is 7.67. The van der Waals surface area contributed by atoms with Crippen molar-refractivity contribution < 1.29 is 18.7 Å². The highest BCUT2D eigenvalue weighted by molar-refractivity contribution is 7.80. The first-order valence-corrected chi connectivity index (χ1v) is 9.71. The van der Waals surface area contributed by atoms with Crippen LogP contribution < -0.4 is 15.5 Å². The van der Waals surface area contributed by atoms with Gasteiger partial charge in [0.05, 0.1) is 17.7 Å². The molecule has 9 heteroatoms. The highest BCUT2D eigenvalue weighted by Gasteiger charge is 2.32. The maximum absolute atomic E-state index is 14.6. The second-order valence-electron chi connectivity index (χ2n) is 7.34. The number of hydrogen-bond donors (Lipinski definition) is 2. The van der Waals surface area contributed by atoms with Gasteiger partial charge in [0.2, 0.25) is 0 Å². The molecule has 31 heavy (non-hydrogen) atoms. The van der Waals surface area contributed by atoms with E-state index in [0.29, 0.717) is 23.5 Å². The van der Waals surface area contributed by atoms with Crippen molar-refractivity contribution in [2.24, 2.45) is 0 Å². The molecular formula is C22H23FN4O3S. The van der Waals surface area contributed by atoms with Crippen LogP contribution in [0.4, 0.5) is 21.5 Å². The monoisotopic (exact) mass is 442 g/mol. The summed E-state index contributed by atoms with van der Waals surface area (Å²) < 4.78 is 19.6. The van der Waals surface area contributed by atoms with Crippen molar-refractivity contribution in [3.63, 3.8) is 0 Å². The summed E-state index contributed by atoms with van der Waals surface area (Å²) >= 11 is 5.60. The Bertz CT molecular complexity index is 1050. The number of aryl methyl sites for hydroxylation is 1. The Morgan fingerprint density at radius 3 is 2.58 bits per heavy atom. The smallest absolute Gasteiger partial charge is 0.293 e. The van der Waals surface area contributed by atoms with E-state index in [9.17, 15) is 14.0 Å². The van der Waals surface area contributed by atoms with Crippen molar-refractivity contribution in [3.05, 3.63) is 64.8 Å². The van der Waals surface area contributed by atoms with Crippen LogP contribution in [0.15, 0.2) is 36.4 Å². The maximum Gasteiger partial charge on any atom is 0.293 e. The number of nitrogens with zero attached hydrogens (tertiary/aromatic N) is 2. The van der Waals surface area contributed by atoms with E-state index < -0.39 is 17.3 Å². The molecule has 0 spiro atoms. The molecule has 0 radical (unpaired) electrons. The number of carbonyl (C=O) groups is 2. The Morgan fingerprint density at radius 1 is 1.32 bits per heavy atom. The summed E-state index contributed by atoms with van der Waals surface area (Å²) in [5.41, 5.74) is 1.37. The first-order chi connectivity index (χ1) is 14.6. The average molecular weight is 443 g/mol. The summed E-state index contributed by atoms with van der Waals surface area (Å²) in [6.07, 6.45) is 0. The quantitative estimate of drug-likeness (QED) is 0.380. The van der Waals surface area contributed by atoms with Gasteiger partial charge < -0.3 is 20.3 Å². The largest absolute Gasteiger partial charge is 0.465 e. The van der Waals surface area contributed by atoms with Crippen LogP contribution in [-0.4, -0.2) is 36.7 Å². The molecule has 0 bridgehead atoms. The van der Waals surface area contributed by atoms with Crippen molar-refractivity contribution in [2.45, 2.75) is 26.3 Å². The van der Waals surface area contributed by atoms with Gasteiger partial charge in [-0.3, -0.25) is 9.59 Å². The molecular weight excluding hydrogens is 419 g/mol. The molecule has 0 heterocycles. The summed E-state index contributed by atoms with van der Waals surface area (Å²) in [5, 5.41) is 5.70. The number of carbonyl (C=O) groups excluding carboxylic acids is 2. The third kappa shape index (κ3) is 5.55. The van der Waals surface area contributed by atoms with Crippen LogP contribution in [0.1, 0.15) is 29.8 Å². The number of nitrogens with one attached hydrogen (secondary N) is 2. The van der Waals surface area contributed by atoms with E-state index in [1.807, 2.05) is 6.92 Å². The zero-order valence-corrected chi connectivity index (χ0v) is 18.5. The molecule has 2 aromatic carbocycles. The lowest BCUT2D eigenvalue weighted by Crippen LogP contribution is -2.52. The number of hydrogen-bond acceptors (Lipinski definition) is 4. The summed E-state index contributed by atoms with van der Waals surface area (Å²) in [7, 11) is 1.42. The third-order valence-corrected chi connectivity index (χ3v) is 4.85. The fraction of sp³-hybridized carbons (Fsp3) is 0.273. The van der Waals surface area contributed by atoms with Crippen LogP contribution in [0, 0.1) is 19.3 Å². The Balaban J connectivity index is 2.46. The molecule has 7 nitrogen and oxygen atoms in total. The minimum absolute atomic E-state index is 0.0210. The lowest BCUT2D eigenvalue weighted by Gasteiger charge is -2.39. The van der Waals surface area contributed by atoms with Gasteiger partial charge in [0.25, 0.3) is 12.4 Å². The summed E-state index contributed by atoms with van der Waals surface area (Å²) in [6, 6.07) is 9.31. The molecule has 2 rings (SSSR count). The number of amides is 1. The molecule has 2 N–H and O–H groups in total. The van der Waals surface area contributed by atoms with Gasteiger partial charge in [-0.05, 0) is 68.9 Å². The predicted molar refractivity (Wildman–Crippen MR) is 122 cm³/mol. The van der Waals surface area contributed by atoms with Crippen LogP contribution in [0.2, 0.25) is 0 Å². The second kappa shape index (κ2) is 10.00. The summed E-state index contributed by atoms with van der Waals surface area (Å²) in [4.78, 5) is 27.6. The van der Waals surface area contributed by atoms with Gasteiger partial charge in [0.1, 0.15) is 12.4 Å². The molecule has 1 amide bonds. The van der Waals surface area contributed by atoms with Crippen molar-refractivity contribution in [1.82, 2.24) is 5.32 Å². The Hall–Kier alpha value is -3.51. The highest BCUT2D eigenvalue weighted by atomic mass is 32.1. The fourth-order valence-electron chi connectivity index (χ4n) is 3.04. The number of thiocarbonyl (C=S) groups is 1. The van der Waals surface area contributed by atoms with E-state index in [-0.39, 0.29) is 17.3 Å². The number of ether oxygens (including phenoxy) is 1. The maximum atomic E-state index is 14.6. The van der Waals surface area contributed by atoms with E-state index in [4.69, 9.17) is 23.5 Å². The van der Waals surface area contributed by atoms with E-state index in [1.54, 1.807) is 43.0 Å². The Morgan fingerprint density at radius 2 is 2.03 bits per heavy atom. The van der Waals surface area contributed by atoms with Crippen LogP contribution in [0.3, 0.4) is 0 Å². The first-order valence-electron chi connectivity index (χ1n) is 9.30. The second-order valence-corrected chi connectivity index (χ2v) is 7.73. The number of benzene rings is 2. The molecule has 0 aliphatic heterocycles. The fourth-order valence-corrected chi connectivity index (χ4v) is 3.51. The molecule has 0 aliphatic carbocycles. The lowest BCUT2D eigenvalue weighted by molar-refractivity contribution is -0.130. The standard InChI is InChI=1S/C22H23FN4O3S/c1-14-10-15(6-9-19(14)24-4)26-21(31)27(22(2,3)12-30-13-28)16-7-8-17(18(23)11-16)20(29)25-5/h6-11,13H,12H2,1-3,5H3,(H,25,29)(H,26,31).